The third-order valence-electron chi connectivity index (χ3n) is 14.1. The first-order chi connectivity index (χ1) is 40.0. The zero-order valence-corrected chi connectivity index (χ0v) is 52.8. The summed E-state index contributed by atoms with van der Waals surface area (Å²) in [5.41, 5.74) is 0. The van der Waals surface area contributed by atoms with Crippen LogP contribution in [0.3, 0.4) is 0 Å². The molecule has 1 atom stereocenters. The summed E-state index contributed by atoms with van der Waals surface area (Å²) in [5, 5.41) is 0. The van der Waals surface area contributed by atoms with E-state index >= 15 is 0 Å². The van der Waals surface area contributed by atoms with Crippen LogP contribution in [0.15, 0.2) is 134 Å². The van der Waals surface area contributed by atoms with E-state index in [0.717, 1.165) is 148 Å². The average Bonchev–Trinajstić information content (AvgIpc) is 3.47. The first-order valence-corrected chi connectivity index (χ1v) is 33.7. The topological polar surface area (TPSA) is 78.9 Å². The van der Waals surface area contributed by atoms with Crippen molar-refractivity contribution in [1.29, 1.82) is 0 Å². The van der Waals surface area contributed by atoms with Gasteiger partial charge in [0.2, 0.25) is 0 Å². The molecule has 0 saturated carbocycles. The molecule has 0 aliphatic heterocycles. The Morgan fingerprint density at radius 1 is 0.259 bits per heavy atom. The van der Waals surface area contributed by atoms with E-state index in [1.807, 2.05) is 0 Å². The minimum atomic E-state index is -0.802. The minimum absolute atomic E-state index is 0.0941. The van der Waals surface area contributed by atoms with Crippen molar-refractivity contribution < 1.29 is 28.6 Å². The van der Waals surface area contributed by atoms with Gasteiger partial charge in [0.15, 0.2) is 6.10 Å². The third kappa shape index (κ3) is 66.2. The second-order valence-electron chi connectivity index (χ2n) is 22.0. The molecule has 0 heterocycles. The zero-order valence-electron chi connectivity index (χ0n) is 52.8. The van der Waals surface area contributed by atoms with Crippen molar-refractivity contribution in [3.8, 4) is 0 Å². The average molecular weight is 1120 g/mol. The van der Waals surface area contributed by atoms with Crippen LogP contribution in [0.25, 0.3) is 0 Å². The van der Waals surface area contributed by atoms with Gasteiger partial charge in [-0.1, -0.05) is 283 Å². The van der Waals surface area contributed by atoms with Crippen LogP contribution in [-0.4, -0.2) is 37.2 Å². The predicted octanol–water partition coefficient (Wildman–Crippen LogP) is 23.3. The molecule has 0 radical (unpaired) electrons. The van der Waals surface area contributed by atoms with E-state index in [9.17, 15) is 14.4 Å². The lowest BCUT2D eigenvalue weighted by Gasteiger charge is -2.18. The van der Waals surface area contributed by atoms with Crippen LogP contribution in [0.1, 0.15) is 303 Å². The number of rotatable bonds is 60. The standard InChI is InChI=1S/C75H124O6/c1-4-7-10-13-16-19-22-25-28-31-33-34-35-36-37-38-39-40-42-44-47-50-53-56-59-62-65-68-74(77)80-71-72(70-79-73(76)67-64-61-58-55-52-49-46-43-30-27-24-21-18-15-12-9-6-3)81-75(78)69-66-63-60-57-54-51-48-45-41-32-29-26-23-20-17-14-11-8-5-2/h7,9-10,12,16-21,25-30,33-34,41,45-46,49,72H,4-6,8,11,13-15,22-24,31-32,35-40,42-44,47-48,50-71H2,1-3H3/b10-7-,12-9-,19-16-,20-17-,21-18-,28-25-,29-26-,30-27-,34-33-,45-41-,49-46-. The molecule has 1 unspecified atom stereocenters. The Kier molecular flexibility index (Phi) is 64.3. The number of hydrogen-bond acceptors (Lipinski definition) is 6. The van der Waals surface area contributed by atoms with Crippen molar-refractivity contribution in [2.75, 3.05) is 13.2 Å². The highest BCUT2D eigenvalue weighted by Gasteiger charge is 2.19. The normalized spacial score (nSPS) is 13.0. The van der Waals surface area contributed by atoms with Gasteiger partial charge in [0, 0.05) is 19.3 Å². The van der Waals surface area contributed by atoms with Gasteiger partial charge in [-0.2, -0.15) is 0 Å². The van der Waals surface area contributed by atoms with E-state index in [0.29, 0.717) is 19.3 Å². The summed E-state index contributed by atoms with van der Waals surface area (Å²) in [5.74, 6) is -0.926. The second kappa shape index (κ2) is 68.1. The van der Waals surface area contributed by atoms with Crippen LogP contribution in [0, 0.1) is 0 Å². The fraction of sp³-hybridized carbons (Fsp3) is 0.667. The molecule has 81 heavy (non-hydrogen) atoms. The summed E-state index contributed by atoms with van der Waals surface area (Å²) in [6.07, 6.45) is 96.0. The highest BCUT2D eigenvalue weighted by molar-refractivity contribution is 5.71. The fourth-order valence-corrected chi connectivity index (χ4v) is 9.14. The summed E-state index contributed by atoms with van der Waals surface area (Å²) in [7, 11) is 0. The van der Waals surface area contributed by atoms with E-state index in [2.05, 4.69) is 154 Å². The van der Waals surface area contributed by atoms with Crippen LogP contribution >= 0.6 is 0 Å². The Labute approximate surface area is 500 Å². The molecule has 0 fully saturated rings. The maximum Gasteiger partial charge on any atom is 0.306 e. The number of ether oxygens (including phenoxy) is 3. The molecule has 0 rings (SSSR count). The fourth-order valence-electron chi connectivity index (χ4n) is 9.14. The number of esters is 3. The van der Waals surface area contributed by atoms with Crippen LogP contribution < -0.4 is 0 Å². The monoisotopic (exact) mass is 1120 g/mol. The van der Waals surface area contributed by atoms with Gasteiger partial charge in [-0.05, 0) is 135 Å². The van der Waals surface area contributed by atoms with Gasteiger partial charge in [0.1, 0.15) is 13.2 Å². The molecule has 0 spiro atoms. The summed E-state index contributed by atoms with van der Waals surface area (Å²) < 4.78 is 16.9. The van der Waals surface area contributed by atoms with Crippen LogP contribution in [-0.2, 0) is 28.6 Å². The van der Waals surface area contributed by atoms with Crippen LogP contribution in [0.5, 0.6) is 0 Å². The first kappa shape index (κ1) is 76.5. The lowest BCUT2D eigenvalue weighted by molar-refractivity contribution is -0.167. The van der Waals surface area contributed by atoms with Crippen LogP contribution in [0.2, 0.25) is 0 Å². The molecule has 0 aliphatic carbocycles. The summed E-state index contributed by atoms with van der Waals surface area (Å²) in [6.45, 7) is 6.37. The smallest absolute Gasteiger partial charge is 0.306 e. The highest BCUT2D eigenvalue weighted by Crippen LogP contribution is 2.16. The number of carbonyl (C=O) groups is 3. The molecule has 0 bridgehead atoms. The molecule has 0 amide bonds. The number of unbranched alkanes of at least 4 members (excludes halogenated alkanes) is 27. The van der Waals surface area contributed by atoms with Gasteiger partial charge in [0.05, 0.1) is 0 Å². The molecule has 0 aliphatic rings. The maximum atomic E-state index is 12.9. The Bertz CT molecular complexity index is 1720. The van der Waals surface area contributed by atoms with E-state index in [-0.39, 0.29) is 31.1 Å². The zero-order chi connectivity index (χ0) is 58.5. The minimum Gasteiger partial charge on any atom is -0.462 e. The predicted molar refractivity (Wildman–Crippen MR) is 353 cm³/mol. The largest absolute Gasteiger partial charge is 0.462 e. The van der Waals surface area contributed by atoms with E-state index in [1.54, 1.807) is 0 Å². The molecular formula is C75H124O6. The molecule has 0 N–H and O–H groups in total. The summed E-state index contributed by atoms with van der Waals surface area (Å²) >= 11 is 0. The quantitative estimate of drug-likeness (QED) is 0.0261. The Morgan fingerprint density at radius 2 is 0.481 bits per heavy atom. The number of carbonyl (C=O) groups excluding carboxylic acids is 3. The van der Waals surface area contributed by atoms with E-state index in [1.165, 1.54) is 116 Å². The Hall–Kier alpha value is -4.45. The van der Waals surface area contributed by atoms with Crippen molar-refractivity contribution in [3.63, 3.8) is 0 Å². The number of hydrogen-bond donors (Lipinski definition) is 0. The first-order valence-electron chi connectivity index (χ1n) is 33.7. The van der Waals surface area contributed by atoms with E-state index in [4.69, 9.17) is 14.2 Å². The van der Waals surface area contributed by atoms with E-state index < -0.39 is 6.10 Å². The Morgan fingerprint density at radius 3 is 0.753 bits per heavy atom. The van der Waals surface area contributed by atoms with Crippen molar-refractivity contribution in [1.82, 2.24) is 0 Å². The highest BCUT2D eigenvalue weighted by atomic mass is 16.6. The Balaban J connectivity index is 4.39. The maximum absolute atomic E-state index is 12.9. The molecule has 0 aromatic heterocycles. The molecule has 0 aromatic carbocycles. The van der Waals surface area contributed by atoms with Gasteiger partial charge < -0.3 is 14.2 Å². The van der Waals surface area contributed by atoms with Gasteiger partial charge in [-0.25, -0.2) is 0 Å². The molecule has 460 valence electrons. The molecule has 0 saturated heterocycles. The van der Waals surface area contributed by atoms with Gasteiger partial charge in [0.25, 0.3) is 0 Å². The lowest BCUT2D eigenvalue weighted by Crippen LogP contribution is -2.30. The molecule has 0 aromatic rings. The van der Waals surface area contributed by atoms with Gasteiger partial charge >= 0.3 is 17.9 Å². The second-order valence-corrected chi connectivity index (χ2v) is 22.0. The molecule has 6 nitrogen and oxygen atoms in total. The van der Waals surface area contributed by atoms with Crippen molar-refractivity contribution in [2.45, 2.75) is 309 Å². The summed E-state index contributed by atoms with van der Waals surface area (Å²) in [6, 6.07) is 0. The third-order valence-corrected chi connectivity index (χ3v) is 14.1. The SMILES string of the molecule is CC/C=C\C/C=C\C/C=C\C/C=C\CCCCCCCCCCCCCCCCC(=O)OCC(COC(=O)CCCCCC/C=C\C/C=C\C/C=C\C/C=C\CC)OC(=O)CCCCCCCC/C=C\C/C=C\C/C=C\CCCCC. The van der Waals surface area contributed by atoms with Crippen molar-refractivity contribution in [3.05, 3.63) is 134 Å². The van der Waals surface area contributed by atoms with Gasteiger partial charge in [-0.15, -0.1) is 0 Å². The number of allylic oxidation sites excluding steroid dienone is 22. The van der Waals surface area contributed by atoms with Crippen molar-refractivity contribution in [2.24, 2.45) is 0 Å². The lowest BCUT2D eigenvalue weighted by atomic mass is 10.0. The van der Waals surface area contributed by atoms with Crippen LogP contribution in [0.4, 0.5) is 0 Å². The van der Waals surface area contributed by atoms with Crippen molar-refractivity contribution >= 4 is 17.9 Å². The molecule has 6 heteroatoms. The molecular weight excluding hydrogens is 997 g/mol. The summed E-state index contributed by atoms with van der Waals surface area (Å²) in [4.78, 5) is 38.4. The van der Waals surface area contributed by atoms with Gasteiger partial charge in [-0.3, -0.25) is 14.4 Å².